The third kappa shape index (κ3) is 4.38. The molecule has 0 spiro atoms. The lowest BCUT2D eigenvalue weighted by molar-refractivity contribution is -0.118. The van der Waals surface area contributed by atoms with Crippen LogP contribution in [-0.4, -0.2) is 12.5 Å². The van der Waals surface area contributed by atoms with Crippen LogP contribution in [0.3, 0.4) is 0 Å². The first kappa shape index (κ1) is 15.2. The van der Waals surface area contributed by atoms with Crippen LogP contribution in [-0.2, 0) is 4.79 Å². The molecule has 4 nitrogen and oxygen atoms in total. The Labute approximate surface area is 131 Å². The Bertz CT molecular complexity index is 711. The van der Waals surface area contributed by atoms with Crippen molar-refractivity contribution in [2.75, 3.05) is 11.9 Å². The van der Waals surface area contributed by atoms with Gasteiger partial charge in [-0.3, -0.25) is 4.79 Å². The normalized spacial score (nSPS) is 9.76. The zero-order chi connectivity index (χ0) is 15.2. The maximum atomic E-state index is 11.8. The quantitative estimate of drug-likeness (QED) is 0.929. The fourth-order valence-corrected chi connectivity index (χ4v) is 1.87. The maximum Gasteiger partial charge on any atom is 0.262 e. The monoisotopic (exact) mass is 320 g/mol. The number of nitrogens with zero attached hydrogens (tertiary/aromatic N) is 1. The van der Waals surface area contributed by atoms with Gasteiger partial charge in [0.05, 0.1) is 21.7 Å². The predicted molar refractivity (Wildman–Crippen MR) is 81.7 cm³/mol. The van der Waals surface area contributed by atoms with E-state index in [1.54, 1.807) is 42.5 Å². The first-order valence-corrected chi connectivity index (χ1v) is 6.72. The number of rotatable bonds is 4. The van der Waals surface area contributed by atoms with Gasteiger partial charge in [0.25, 0.3) is 5.91 Å². The van der Waals surface area contributed by atoms with Gasteiger partial charge in [0.1, 0.15) is 5.75 Å². The highest BCUT2D eigenvalue weighted by molar-refractivity contribution is 6.42. The summed E-state index contributed by atoms with van der Waals surface area (Å²) in [7, 11) is 0. The second-order valence-electron chi connectivity index (χ2n) is 4.11. The van der Waals surface area contributed by atoms with Gasteiger partial charge in [-0.1, -0.05) is 29.3 Å². The zero-order valence-corrected chi connectivity index (χ0v) is 12.3. The predicted octanol–water partition coefficient (Wildman–Crippen LogP) is 3.88. The molecular formula is C15H10Cl2N2O2. The molecule has 6 heteroatoms. The maximum absolute atomic E-state index is 11.8. The van der Waals surface area contributed by atoms with E-state index in [0.717, 1.165) is 0 Å². The molecular weight excluding hydrogens is 311 g/mol. The highest BCUT2D eigenvalue weighted by Crippen LogP contribution is 2.24. The van der Waals surface area contributed by atoms with Crippen LogP contribution in [0.1, 0.15) is 5.56 Å². The van der Waals surface area contributed by atoms with Crippen LogP contribution in [0.2, 0.25) is 10.0 Å². The number of hydrogen-bond donors (Lipinski definition) is 1. The zero-order valence-electron chi connectivity index (χ0n) is 10.8. The lowest BCUT2D eigenvalue weighted by Gasteiger charge is -2.08. The molecule has 0 radical (unpaired) electrons. The summed E-state index contributed by atoms with van der Waals surface area (Å²) in [6, 6.07) is 13.4. The number of amides is 1. The van der Waals surface area contributed by atoms with E-state index in [0.29, 0.717) is 27.0 Å². The van der Waals surface area contributed by atoms with Gasteiger partial charge in [-0.25, -0.2) is 0 Å². The molecule has 0 aromatic heterocycles. The molecule has 0 heterocycles. The average Bonchev–Trinajstić information content (AvgIpc) is 2.49. The van der Waals surface area contributed by atoms with Gasteiger partial charge in [0.2, 0.25) is 0 Å². The molecule has 0 fully saturated rings. The minimum absolute atomic E-state index is 0.172. The number of benzene rings is 2. The number of halogens is 2. The summed E-state index contributed by atoms with van der Waals surface area (Å²) >= 11 is 11.6. The molecule has 0 atom stereocenters. The number of hydrogen-bond acceptors (Lipinski definition) is 3. The van der Waals surface area contributed by atoms with Crippen molar-refractivity contribution in [2.24, 2.45) is 0 Å². The summed E-state index contributed by atoms with van der Waals surface area (Å²) < 4.78 is 5.31. The minimum Gasteiger partial charge on any atom is -0.484 e. The topological polar surface area (TPSA) is 62.1 Å². The molecule has 0 saturated heterocycles. The van der Waals surface area contributed by atoms with Gasteiger partial charge in [0.15, 0.2) is 6.61 Å². The van der Waals surface area contributed by atoms with Crippen LogP contribution < -0.4 is 10.1 Å². The fourth-order valence-electron chi connectivity index (χ4n) is 1.58. The highest BCUT2D eigenvalue weighted by Gasteiger charge is 2.06. The molecule has 1 N–H and O–H groups in total. The van der Waals surface area contributed by atoms with E-state index in [2.05, 4.69) is 5.32 Å². The second-order valence-corrected chi connectivity index (χ2v) is 4.92. The molecule has 0 bridgehead atoms. The molecule has 2 aromatic carbocycles. The van der Waals surface area contributed by atoms with Gasteiger partial charge in [-0.05, 0) is 36.4 Å². The number of ether oxygens (including phenoxy) is 1. The highest BCUT2D eigenvalue weighted by atomic mass is 35.5. The molecule has 21 heavy (non-hydrogen) atoms. The van der Waals surface area contributed by atoms with Crippen LogP contribution >= 0.6 is 23.2 Å². The Balaban J connectivity index is 1.92. The van der Waals surface area contributed by atoms with E-state index in [4.69, 9.17) is 33.2 Å². The average molecular weight is 321 g/mol. The van der Waals surface area contributed by atoms with Gasteiger partial charge >= 0.3 is 0 Å². The standard InChI is InChI=1S/C15H10Cl2N2O2/c16-13-5-4-11(7-14(13)17)19-15(20)9-21-12-3-1-2-10(6-12)8-18/h1-7H,9H2,(H,19,20). The summed E-state index contributed by atoms with van der Waals surface area (Å²) in [5.74, 6) is 0.120. The van der Waals surface area contributed by atoms with E-state index in [1.807, 2.05) is 6.07 Å². The third-order valence-electron chi connectivity index (χ3n) is 2.54. The van der Waals surface area contributed by atoms with E-state index < -0.39 is 0 Å². The van der Waals surface area contributed by atoms with Gasteiger partial charge < -0.3 is 10.1 Å². The first-order chi connectivity index (χ1) is 10.1. The van der Waals surface area contributed by atoms with Crippen molar-refractivity contribution in [1.82, 2.24) is 0 Å². The van der Waals surface area contributed by atoms with Gasteiger partial charge in [-0.2, -0.15) is 5.26 Å². The van der Waals surface area contributed by atoms with Gasteiger partial charge in [-0.15, -0.1) is 0 Å². The van der Waals surface area contributed by atoms with Crippen LogP contribution in [0.5, 0.6) is 5.75 Å². The number of nitriles is 1. The molecule has 0 aliphatic carbocycles. The SMILES string of the molecule is N#Cc1cccc(OCC(=O)Nc2ccc(Cl)c(Cl)c2)c1. The minimum atomic E-state index is -0.337. The molecule has 2 rings (SSSR count). The number of carbonyl (C=O) groups is 1. The van der Waals surface area contributed by atoms with Crippen molar-refractivity contribution in [3.05, 3.63) is 58.1 Å². The summed E-state index contributed by atoms with van der Waals surface area (Å²) in [5.41, 5.74) is 1.00. The lowest BCUT2D eigenvalue weighted by Crippen LogP contribution is -2.20. The fraction of sp³-hybridized carbons (Fsp3) is 0.0667. The Morgan fingerprint density at radius 1 is 1.19 bits per heavy atom. The molecule has 0 saturated carbocycles. The second kappa shape index (κ2) is 6.98. The Morgan fingerprint density at radius 3 is 2.71 bits per heavy atom. The smallest absolute Gasteiger partial charge is 0.262 e. The molecule has 0 aliphatic heterocycles. The number of carbonyl (C=O) groups excluding carboxylic acids is 1. The first-order valence-electron chi connectivity index (χ1n) is 5.96. The molecule has 0 aliphatic rings. The van der Waals surface area contributed by atoms with Crippen molar-refractivity contribution in [3.63, 3.8) is 0 Å². The van der Waals surface area contributed by atoms with Crippen molar-refractivity contribution in [1.29, 1.82) is 5.26 Å². The summed E-state index contributed by atoms with van der Waals surface area (Å²) in [6.45, 7) is -0.172. The molecule has 2 aromatic rings. The number of nitrogens with one attached hydrogen (secondary N) is 1. The largest absolute Gasteiger partial charge is 0.484 e. The van der Waals surface area contributed by atoms with E-state index >= 15 is 0 Å². The van der Waals surface area contributed by atoms with Crippen molar-refractivity contribution in [2.45, 2.75) is 0 Å². The molecule has 106 valence electrons. The molecule has 1 amide bonds. The Morgan fingerprint density at radius 2 is 2.00 bits per heavy atom. The van der Waals surface area contributed by atoms with Crippen molar-refractivity contribution >= 4 is 34.8 Å². The van der Waals surface area contributed by atoms with Crippen LogP contribution in [0.4, 0.5) is 5.69 Å². The van der Waals surface area contributed by atoms with Crippen molar-refractivity contribution < 1.29 is 9.53 Å². The van der Waals surface area contributed by atoms with E-state index in [-0.39, 0.29) is 12.5 Å². The number of anilines is 1. The summed E-state index contributed by atoms with van der Waals surface area (Å²) in [6.07, 6.45) is 0. The summed E-state index contributed by atoms with van der Waals surface area (Å²) in [5, 5.41) is 12.2. The lowest BCUT2D eigenvalue weighted by atomic mass is 10.2. The third-order valence-corrected chi connectivity index (χ3v) is 3.28. The Kier molecular flexibility index (Phi) is 5.04. The van der Waals surface area contributed by atoms with Gasteiger partial charge in [0, 0.05) is 5.69 Å². The Hall–Kier alpha value is -2.22. The summed E-state index contributed by atoms with van der Waals surface area (Å²) in [4.78, 5) is 11.8. The van der Waals surface area contributed by atoms with E-state index in [9.17, 15) is 4.79 Å². The van der Waals surface area contributed by atoms with E-state index in [1.165, 1.54) is 0 Å². The van der Waals surface area contributed by atoms with Crippen LogP contribution in [0, 0.1) is 11.3 Å². The van der Waals surface area contributed by atoms with Crippen LogP contribution in [0.15, 0.2) is 42.5 Å². The van der Waals surface area contributed by atoms with Crippen LogP contribution in [0.25, 0.3) is 0 Å². The van der Waals surface area contributed by atoms with Crippen molar-refractivity contribution in [3.8, 4) is 11.8 Å². The molecule has 0 unspecified atom stereocenters.